The predicted molar refractivity (Wildman–Crippen MR) is 88.7 cm³/mol. The maximum Gasteiger partial charge on any atom is 0.271 e. The zero-order chi connectivity index (χ0) is 16.1. The number of non-ortho nitro benzene ring substituents is 1. The Morgan fingerprint density at radius 3 is 2.73 bits per heavy atom. The van der Waals surface area contributed by atoms with Crippen LogP contribution in [0.3, 0.4) is 0 Å². The van der Waals surface area contributed by atoms with E-state index in [1.807, 2.05) is 31.2 Å². The summed E-state index contributed by atoms with van der Waals surface area (Å²) in [5, 5.41) is 16.4. The molecule has 0 saturated carbocycles. The predicted octanol–water partition coefficient (Wildman–Crippen LogP) is 4.11. The summed E-state index contributed by atoms with van der Waals surface area (Å²) >= 11 is 5.11. The van der Waals surface area contributed by atoms with Gasteiger partial charge < -0.3 is 10.6 Å². The Morgan fingerprint density at radius 1 is 1.27 bits per heavy atom. The van der Waals surface area contributed by atoms with E-state index in [4.69, 9.17) is 12.2 Å². The van der Waals surface area contributed by atoms with Crippen LogP contribution in [0.1, 0.15) is 12.5 Å². The highest BCUT2D eigenvalue weighted by atomic mass is 32.1. The summed E-state index contributed by atoms with van der Waals surface area (Å²) in [6, 6.07) is 10.9. The standard InChI is InChI=1S/C15H14FN3O2S/c1-2-10-4-3-5-11(8-10)17-15(22)18-14-9-12(19(20)21)6-7-13(14)16/h3-9H,2H2,1H3,(H2,17,18,22). The third-order valence-corrected chi connectivity index (χ3v) is 3.21. The molecular formula is C15H14FN3O2S. The molecule has 0 spiro atoms. The van der Waals surface area contributed by atoms with Gasteiger partial charge in [-0.25, -0.2) is 4.39 Å². The molecule has 0 bridgehead atoms. The SMILES string of the molecule is CCc1cccc(NC(=S)Nc2cc([N+](=O)[O-])ccc2F)c1. The van der Waals surface area contributed by atoms with E-state index < -0.39 is 10.7 Å². The first-order chi connectivity index (χ1) is 10.5. The van der Waals surface area contributed by atoms with E-state index in [2.05, 4.69) is 10.6 Å². The maximum atomic E-state index is 13.7. The van der Waals surface area contributed by atoms with E-state index in [1.165, 1.54) is 0 Å². The van der Waals surface area contributed by atoms with E-state index in [-0.39, 0.29) is 16.5 Å². The minimum atomic E-state index is -0.614. The largest absolute Gasteiger partial charge is 0.332 e. The van der Waals surface area contributed by atoms with Crippen molar-refractivity contribution >= 4 is 34.4 Å². The molecule has 2 N–H and O–H groups in total. The number of rotatable bonds is 4. The van der Waals surface area contributed by atoms with E-state index in [1.54, 1.807) is 0 Å². The number of hydrogen-bond acceptors (Lipinski definition) is 3. The van der Waals surface area contributed by atoms with Crippen molar-refractivity contribution in [2.45, 2.75) is 13.3 Å². The first-order valence-corrected chi connectivity index (χ1v) is 7.01. The van der Waals surface area contributed by atoms with E-state index in [9.17, 15) is 14.5 Å². The normalized spacial score (nSPS) is 10.1. The van der Waals surface area contributed by atoms with Crippen molar-refractivity contribution in [3.8, 4) is 0 Å². The molecule has 0 aliphatic rings. The Kier molecular flexibility index (Phi) is 5.00. The second-order valence-corrected chi connectivity index (χ2v) is 4.96. The van der Waals surface area contributed by atoms with E-state index in [0.29, 0.717) is 0 Å². The van der Waals surface area contributed by atoms with Gasteiger partial charge in [-0.15, -0.1) is 0 Å². The van der Waals surface area contributed by atoms with Gasteiger partial charge in [0.25, 0.3) is 5.69 Å². The lowest BCUT2D eigenvalue weighted by molar-refractivity contribution is -0.384. The summed E-state index contributed by atoms with van der Waals surface area (Å²) in [4.78, 5) is 10.1. The zero-order valence-electron chi connectivity index (χ0n) is 11.8. The van der Waals surface area contributed by atoms with Crippen LogP contribution in [0, 0.1) is 15.9 Å². The molecule has 2 rings (SSSR count). The molecule has 5 nitrogen and oxygen atoms in total. The van der Waals surface area contributed by atoms with Crippen LogP contribution in [0.15, 0.2) is 42.5 Å². The molecule has 0 amide bonds. The number of nitro groups is 1. The number of nitrogens with one attached hydrogen (secondary N) is 2. The smallest absolute Gasteiger partial charge is 0.271 e. The van der Waals surface area contributed by atoms with Crippen molar-refractivity contribution < 1.29 is 9.31 Å². The highest BCUT2D eigenvalue weighted by Gasteiger charge is 2.11. The molecule has 22 heavy (non-hydrogen) atoms. The lowest BCUT2D eigenvalue weighted by Gasteiger charge is -2.11. The van der Waals surface area contributed by atoms with Gasteiger partial charge in [-0.2, -0.15) is 0 Å². The van der Waals surface area contributed by atoms with Crippen LogP contribution < -0.4 is 10.6 Å². The van der Waals surface area contributed by atoms with Crippen LogP contribution in [-0.2, 0) is 6.42 Å². The fourth-order valence-electron chi connectivity index (χ4n) is 1.88. The average Bonchev–Trinajstić information content (AvgIpc) is 2.49. The molecule has 114 valence electrons. The van der Waals surface area contributed by atoms with Gasteiger partial charge in [0, 0.05) is 17.8 Å². The van der Waals surface area contributed by atoms with Gasteiger partial charge in [-0.05, 0) is 42.4 Å². The van der Waals surface area contributed by atoms with Crippen LogP contribution in [0.5, 0.6) is 0 Å². The minimum absolute atomic E-state index is 0.0432. The Morgan fingerprint density at radius 2 is 2.05 bits per heavy atom. The number of hydrogen-bond donors (Lipinski definition) is 2. The Bertz CT molecular complexity index is 722. The Hall–Kier alpha value is -2.54. The van der Waals surface area contributed by atoms with Crippen molar-refractivity contribution in [2.24, 2.45) is 0 Å². The summed E-state index contributed by atoms with van der Waals surface area (Å²) in [7, 11) is 0. The number of anilines is 2. The lowest BCUT2D eigenvalue weighted by Crippen LogP contribution is -2.20. The number of benzene rings is 2. The van der Waals surface area contributed by atoms with Crippen molar-refractivity contribution in [1.82, 2.24) is 0 Å². The summed E-state index contributed by atoms with van der Waals surface area (Å²) in [5.41, 5.74) is 1.65. The molecule has 0 fully saturated rings. The monoisotopic (exact) mass is 319 g/mol. The molecule has 0 saturated heterocycles. The van der Waals surface area contributed by atoms with Crippen LogP contribution >= 0.6 is 12.2 Å². The summed E-state index contributed by atoms with van der Waals surface area (Å²) in [6.07, 6.45) is 0.884. The van der Waals surface area contributed by atoms with Crippen molar-refractivity contribution in [1.29, 1.82) is 0 Å². The van der Waals surface area contributed by atoms with Gasteiger partial charge >= 0.3 is 0 Å². The quantitative estimate of drug-likeness (QED) is 0.504. The zero-order valence-corrected chi connectivity index (χ0v) is 12.6. The van der Waals surface area contributed by atoms with Gasteiger partial charge in [0.15, 0.2) is 5.11 Å². The highest BCUT2D eigenvalue weighted by Crippen LogP contribution is 2.21. The topological polar surface area (TPSA) is 67.2 Å². The first-order valence-electron chi connectivity index (χ1n) is 6.60. The molecule has 0 aliphatic heterocycles. The molecule has 0 aliphatic carbocycles. The van der Waals surface area contributed by atoms with Crippen LogP contribution in [0.25, 0.3) is 0 Å². The van der Waals surface area contributed by atoms with E-state index >= 15 is 0 Å². The molecule has 0 unspecified atom stereocenters. The van der Waals surface area contributed by atoms with Crippen molar-refractivity contribution in [3.05, 3.63) is 64.0 Å². The molecule has 0 heterocycles. The minimum Gasteiger partial charge on any atom is -0.332 e. The van der Waals surface area contributed by atoms with Gasteiger partial charge in [0.05, 0.1) is 10.6 Å². The van der Waals surface area contributed by atoms with Crippen LogP contribution in [-0.4, -0.2) is 10.0 Å². The number of nitro benzene ring substituents is 1. The van der Waals surface area contributed by atoms with Crippen LogP contribution in [0.2, 0.25) is 0 Å². The molecule has 7 heteroatoms. The number of thiocarbonyl (C=S) groups is 1. The maximum absolute atomic E-state index is 13.7. The molecule has 0 atom stereocenters. The molecular weight excluding hydrogens is 305 g/mol. The van der Waals surface area contributed by atoms with E-state index in [0.717, 1.165) is 35.9 Å². The van der Waals surface area contributed by atoms with Crippen molar-refractivity contribution in [3.63, 3.8) is 0 Å². The fraction of sp³-hybridized carbons (Fsp3) is 0.133. The summed E-state index contributed by atoms with van der Waals surface area (Å²) in [5.74, 6) is -0.614. The lowest BCUT2D eigenvalue weighted by atomic mass is 10.1. The summed E-state index contributed by atoms with van der Waals surface area (Å²) < 4.78 is 13.7. The molecule has 2 aromatic rings. The highest BCUT2D eigenvalue weighted by molar-refractivity contribution is 7.80. The number of nitrogens with zero attached hydrogens (tertiary/aromatic N) is 1. The van der Waals surface area contributed by atoms with Gasteiger partial charge in [0.2, 0.25) is 0 Å². The molecule has 0 aromatic heterocycles. The third kappa shape index (κ3) is 3.98. The van der Waals surface area contributed by atoms with Crippen molar-refractivity contribution in [2.75, 3.05) is 10.6 Å². The number of aryl methyl sites for hydroxylation is 1. The Labute approximate surface area is 132 Å². The third-order valence-electron chi connectivity index (χ3n) is 3.00. The molecule has 0 radical (unpaired) electrons. The van der Waals surface area contributed by atoms with Gasteiger partial charge in [-0.3, -0.25) is 10.1 Å². The number of halogens is 1. The fourth-order valence-corrected chi connectivity index (χ4v) is 2.10. The summed E-state index contributed by atoms with van der Waals surface area (Å²) in [6.45, 7) is 2.04. The Balaban J connectivity index is 2.11. The average molecular weight is 319 g/mol. The van der Waals surface area contributed by atoms with Gasteiger partial charge in [0.1, 0.15) is 5.82 Å². The first kappa shape index (κ1) is 15.8. The molecule has 2 aromatic carbocycles. The second kappa shape index (κ2) is 6.95. The second-order valence-electron chi connectivity index (χ2n) is 4.55. The van der Waals surface area contributed by atoms with Gasteiger partial charge in [-0.1, -0.05) is 19.1 Å². The van der Waals surface area contributed by atoms with Crippen LogP contribution in [0.4, 0.5) is 21.5 Å².